The highest BCUT2D eigenvalue weighted by molar-refractivity contribution is 5.96. The molecular formula is C23H20F2N2O7. The zero-order valence-corrected chi connectivity index (χ0v) is 17.7. The molecule has 0 aromatic heterocycles. The van der Waals surface area contributed by atoms with Gasteiger partial charge in [0.1, 0.15) is 12.7 Å². The van der Waals surface area contributed by atoms with Crippen molar-refractivity contribution in [1.82, 2.24) is 10.2 Å². The summed E-state index contributed by atoms with van der Waals surface area (Å²) >= 11 is 0. The van der Waals surface area contributed by atoms with Crippen LogP contribution in [0.25, 0.3) is 0 Å². The molecule has 0 bridgehead atoms. The highest BCUT2D eigenvalue weighted by atomic mass is 19.3. The van der Waals surface area contributed by atoms with Crippen LogP contribution in [0, 0.1) is 0 Å². The third-order valence-corrected chi connectivity index (χ3v) is 5.35. The number of carbonyl (C=O) groups excluding carboxylic acids is 4. The third-order valence-electron chi connectivity index (χ3n) is 5.35. The topological polar surface area (TPSA) is 111 Å². The minimum atomic E-state index is -3.87. The molecular weight excluding hydrogens is 454 g/mol. The molecule has 2 aromatic rings. The van der Waals surface area contributed by atoms with E-state index in [2.05, 4.69) is 0 Å². The summed E-state index contributed by atoms with van der Waals surface area (Å²) in [5.74, 6) is -6.30. The summed E-state index contributed by atoms with van der Waals surface area (Å²) in [7, 11) is 0. The predicted molar refractivity (Wildman–Crippen MR) is 111 cm³/mol. The molecule has 11 heteroatoms. The Labute approximate surface area is 192 Å². The molecule has 0 unspecified atom stereocenters. The Morgan fingerprint density at radius 2 is 1.59 bits per heavy atom. The number of ether oxygens (including phenoxy) is 3. The molecule has 2 aliphatic heterocycles. The second kappa shape index (κ2) is 9.56. The minimum absolute atomic E-state index is 0.0306. The van der Waals surface area contributed by atoms with E-state index in [1.807, 2.05) is 5.32 Å². The normalized spacial score (nSPS) is 23.8. The van der Waals surface area contributed by atoms with E-state index in [9.17, 15) is 19.2 Å². The number of amides is 3. The Kier molecular flexibility index (Phi) is 6.55. The minimum Gasteiger partial charge on any atom is -0.459 e. The van der Waals surface area contributed by atoms with Crippen molar-refractivity contribution in [1.29, 1.82) is 0 Å². The van der Waals surface area contributed by atoms with Crippen LogP contribution in [0.15, 0.2) is 60.7 Å². The van der Waals surface area contributed by atoms with Gasteiger partial charge in [-0.15, -0.1) is 0 Å². The van der Waals surface area contributed by atoms with Gasteiger partial charge in [-0.1, -0.05) is 36.4 Å². The first-order chi connectivity index (χ1) is 16.3. The number of nitrogens with one attached hydrogen (secondary N) is 1. The average Bonchev–Trinajstić information content (AvgIpc) is 3.08. The smallest absolute Gasteiger partial charge is 0.338 e. The molecule has 2 aromatic carbocycles. The van der Waals surface area contributed by atoms with Gasteiger partial charge in [0.2, 0.25) is 12.1 Å². The summed E-state index contributed by atoms with van der Waals surface area (Å²) in [5.41, 5.74) is 0.221. The van der Waals surface area contributed by atoms with E-state index in [4.69, 9.17) is 14.2 Å². The van der Waals surface area contributed by atoms with Crippen LogP contribution in [0.4, 0.5) is 13.6 Å². The van der Waals surface area contributed by atoms with Gasteiger partial charge in [-0.25, -0.2) is 14.4 Å². The molecule has 0 radical (unpaired) electrons. The first-order valence-electron chi connectivity index (χ1n) is 10.4. The van der Waals surface area contributed by atoms with E-state index >= 15 is 8.78 Å². The molecule has 2 saturated heterocycles. The fourth-order valence-corrected chi connectivity index (χ4v) is 3.65. The number of carbonyl (C=O) groups is 4. The van der Waals surface area contributed by atoms with Crippen molar-refractivity contribution >= 4 is 23.9 Å². The van der Waals surface area contributed by atoms with Crippen LogP contribution in [0.1, 0.15) is 27.1 Å². The molecule has 4 rings (SSSR count). The lowest BCUT2D eigenvalue weighted by atomic mass is 10.1. The van der Waals surface area contributed by atoms with Gasteiger partial charge in [-0.2, -0.15) is 8.78 Å². The van der Waals surface area contributed by atoms with E-state index in [-0.39, 0.29) is 24.1 Å². The maximum Gasteiger partial charge on any atom is 0.338 e. The van der Waals surface area contributed by atoms with Gasteiger partial charge in [-0.05, 0) is 24.3 Å². The SMILES string of the molecule is O=C1CCN([C@@H]2O[C@H](COC(=O)c3ccccc3)[C@@H](OC(=O)c3ccccc3)C2(F)F)C(=O)N1. The summed E-state index contributed by atoms with van der Waals surface area (Å²) in [6.07, 6.45) is -6.09. The maximum absolute atomic E-state index is 15.5. The van der Waals surface area contributed by atoms with E-state index in [0.29, 0.717) is 4.90 Å². The average molecular weight is 474 g/mol. The van der Waals surface area contributed by atoms with Crippen LogP contribution < -0.4 is 5.32 Å². The molecule has 34 heavy (non-hydrogen) atoms. The number of hydrogen-bond donors (Lipinski definition) is 1. The van der Waals surface area contributed by atoms with E-state index < -0.39 is 54.8 Å². The Bertz CT molecular complexity index is 1080. The number of hydrogen-bond acceptors (Lipinski definition) is 7. The zero-order valence-electron chi connectivity index (χ0n) is 17.7. The van der Waals surface area contributed by atoms with Crippen LogP contribution in [0.5, 0.6) is 0 Å². The molecule has 2 aliphatic rings. The molecule has 2 fully saturated rings. The summed E-state index contributed by atoms with van der Waals surface area (Å²) in [6, 6.07) is 14.3. The Balaban J connectivity index is 1.55. The molecule has 0 spiro atoms. The van der Waals surface area contributed by atoms with Crippen LogP contribution in [-0.4, -0.2) is 66.3 Å². The van der Waals surface area contributed by atoms with Crippen molar-refractivity contribution in [3.05, 3.63) is 71.8 Å². The number of urea groups is 1. The number of nitrogens with zero attached hydrogens (tertiary/aromatic N) is 1. The zero-order chi connectivity index (χ0) is 24.3. The molecule has 0 aliphatic carbocycles. The number of imide groups is 1. The van der Waals surface area contributed by atoms with Gasteiger partial charge in [-0.3, -0.25) is 15.0 Å². The third kappa shape index (κ3) is 4.74. The highest BCUT2D eigenvalue weighted by Gasteiger charge is 2.64. The molecule has 1 N–H and O–H groups in total. The van der Waals surface area contributed by atoms with Gasteiger partial charge in [0.15, 0.2) is 6.10 Å². The molecule has 9 nitrogen and oxygen atoms in total. The van der Waals surface area contributed by atoms with Crippen LogP contribution in [-0.2, 0) is 19.0 Å². The van der Waals surface area contributed by atoms with E-state index in [1.54, 1.807) is 24.3 Å². The van der Waals surface area contributed by atoms with E-state index in [0.717, 1.165) is 0 Å². The highest BCUT2D eigenvalue weighted by Crippen LogP contribution is 2.41. The summed E-state index contributed by atoms with van der Waals surface area (Å²) in [5, 5.41) is 1.95. The number of esters is 2. The van der Waals surface area contributed by atoms with Gasteiger partial charge < -0.3 is 14.2 Å². The number of alkyl halides is 2. The lowest BCUT2D eigenvalue weighted by Crippen LogP contribution is -2.59. The predicted octanol–water partition coefficient (Wildman–Crippen LogP) is 2.37. The fourth-order valence-electron chi connectivity index (χ4n) is 3.65. The molecule has 178 valence electrons. The number of halogens is 2. The molecule has 0 saturated carbocycles. The van der Waals surface area contributed by atoms with Gasteiger partial charge in [0.25, 0.3) is 0 Å². The van der Waals surface area contributed by atoms with Gasteiger partial charge in [0.05, 0.1) is 11.1 Å². The van der Waals surface area contributed by atoms with E-state index in [1.165, 1.54) is 36.4 Å². The van der Waals surface area contributed by atoms with Gasteiger partial charge >= 0.3 is 23.9 Å². The standard InChI is InChI=1S/C23H20F2N2O7/c24-23(25)18(34-20(30)15-9-5-2-6-10-15)16(13-32-19(29)14-7-3-1-4-8-14)33-21(23)27-12-11-17(28)26-22(27)31/h1-10,16,18,21H,11-13H2,(H,26,28,31)/t16-,18-,21-/m1/s1. The monoisotopic (exact) mass is 474 g/mol. The Morgan fingerprint density at radius 3 is 2.18 bits per heavy atom. The fraction of sp³-hybridized carbons (Fsp3) is 0.304. The molecule has 2 heterocycles. The van der Waals surface area contributed by atoms with Crippen molar-refractivity contribution in [3.63, 3.8) is 0 Å². The second-order valence-electron chi connectivity index (χ2n) is 7.65. The quantitative estimate of drug-likeness (QED) is 0.640. The molecule has 3 atom stereocenters. The number of benzene rings is 2. The van der Waals surface area contributed by atoms with Crippen molar-refractivity contribution < 1.29 is 42.2 Å². The van der Waals surface area contributed by atoms with Gasteiger partial charge in [0, 0.05) is 13.0 Å². The summed E-state index contributed by atoms with van der Waals surface area (Å²) in [6.45, 7) is -0.984. The molecule has 3 amide bonds. The Morgan fingerprint density at radius 1 is 1.00 bits per heavy atom. The summed E-state index contributed by atoms with van der Waals surface area (Å²) < 4.78 is 46.6. The van der Waals surface area contributed by atoms with Crippen molar-refractivity contribution in [2.45, 2.75) is 30.8 Å². The van der Waals surface area contributed by atoms with Crippen LogP contribution in [0.2, 0.25) is 0 Å². The lowest BCUT2D eigenvalue weighted by Gasteiger charge is -2.34. The van der Waals surface area contributed by atoms with Crippen molar-refractivity contribution in [2.75, 3.05) is 13.2 Å². The Hall–Kier alpha value is -3.86. The number of rotatable bonds is 6. The lowest BCUT2D eigenvalue weighted by molar-refractivity contribution is -0.159. The van der Waals surface area contributed by atoms with Crippen LogP contribution in [0.3, 0.4) is 0 Å². The largest absolute Gasteiger partial charge is 0.459 e. The first-order valence-corrected chi connectivity index (χ1v) is 10.4. The first kappa shape index (κ1) is 23.3. The maximum atomic E-state index is 15.5. The summed E-state index contributed by atoms with van der Waals surface area (Å²) in [4.78, 5) is 49.1. The van der Waals surface area contributed by atoms with Crippen molar-refractivity contribution in [2.24, 2.45) is 0 Å². The van der Waals surface area contributed by atoms with Crippen LogP contribution >= 0.6 is 0 Å². The van der Waals surface area contributed by atoms with Crippen molar-refractivity contribution in [3.8, 4) is 0 Å². The second-order valence-corrected chi connectivity index (χ2v) is 7.65.